The van der Waals surface area contributed by atoms with Crippen molar-refractivity contribution in [3.63, 3.8) is 0 Å². The van der Waals surface area contributed by atoms with E-state index in [4.69, 9.17) is 23.5 Å². The van der Waals surface area contributed by atoms with Gasteiger partial charge < -0.3 is 39.6 Å². The smallest absolute Gasteiger partial charge is 0.397 e. The third kappa shape index (κ3) is 13.9. The first-order chi connectivity index (χ1) is 26.7. The summed E-state index contributed by atoms with van der Waals surface area (Å²) in [7, 11) is -5.09. The third-order valence-corrected chi connectivity index (χ3v) is 8.77. The molecule has 0 radical (unpaired) electrons. The number of rotatable bonds is 21. The lowest BCUT2D eigenvalue weighted by atomic mass is 9.96. The molecule has 3 saturated heterocycles. The summed E-state index contributed by atoms with van der Waals surface area (Å²) in [6, 6.07) is -1.67. The van der Waals surface area contributed by atoms with Crippen LogP contribution < -0.4 is 16.2 Å². The molecule has 3 fully saturated rings. The van der Waals surface area contributed by atoms with Gasteiger partial charge in [0.1, 0.15) is 24.4 Å². The molecule has 0 aromatic rings. The monoisotopic (exact) mass is 837 g/mol. The fraction of sp³-hybridized carbons (Fsp3) is 0.667. The molecule has 57 heavy (non-hydrogen) atoms. The number of hydrazone groups is 2. The Balaban J connectivity index is 1.79. The van der Waals surface area contributed by atoms with Gasteiger partial charge >= 0.3 is 10.4 Å². The highest BCUT2D eigenvalue weighted by molar-refractivity contribution is 7.80. The van der Waals surface area contributed by atoms with Crippen LogP contribution in [0.15, 0.2) is 10.2 Å². The SMILES string of the molecule is CC(=O)NC1C(O)OC(COS(=O)(=O)O)C(O)C1OC(/C=N\NC(=O)CCN1C(=O)CC(C)C1=O)OC(OC=O)C(O)/C=N/NC(=O)CCN1C(=O)CC(C)C1=O. The maximum Gasteiger partial charge on any atom is 0.397 e. The van der Waals surface area contributed by atoms with Crippen LogP contribution in [0.2, 0.25) is 0 Å². The number of hydrogen-bond donors (Lipinski definition) is 7. The van der Waals surface area contributed by atoms with Crippen LogP contribution >= 0.6 is 0 Å². The van der Waals surface area contributed by atoms with Gasteiger partial charge in [0, 0.05) is 57.5 Å². The number of aliphatic hydroxyl groups is 3. The van der Waals surface area contributed by atoms with Crippen LogP contribution in [0, 0.1) is 11.8 Å². The molecule has 3 aliphatic heterocycles. The molecule has 0 bridgehead atoms. The molecule has 0 aromatic carbocycles. The number of nitrogens with one attached hydrogen (secondary N) is 3. The largest absolute Gasteiger partial charge is 0.435 e. The Morgan fingerprint density at radius 1 is 0.947 bits per heavy atom. The van der Waals surface area contributed by atoms with Gasteiger partial charge in [-0.25, -0.2) is 15.0 Å². The van der Waals surface area contributed by atoms with Crippen molar-refractivity contribution >= 4 is 70.7 Å². The molecular weight excluding hydrogens is 794 g/mol. The van der Waals surface area contributed by atoms with E-state index in [0.717, 1.165) is 16.7 Å². The molecule has 3 rings (SSSR count). The summed E-state index contributed by atoms with van der Waals surface area (Å²) in [5, 5.41) is 41.8. The van der Waals surface area contributed by atoms with E-state index in [-0.39, 0.29) is 38.8 Å². The van der Waals surface area contributed by atoms with Crippen molar-refractivity contribution in [2.24, 2.45) is 22.0 Å². The van der Waals surface area contributed by atoms with E-state index >= 15 is 0 Å². The van der Waals surface area contributed by atoms with Gasteiger partial charge in [0.25, 0.3) is 6.47 Å². The van der Waals surface area contributed by atoms with Crippen molar-refractivity contribution in [2.45, 2.75) is 95.8 Å². The van der Waals surface area contributed by atoms with E-state index in [1.807, 2.05) is 5.43 Å². The average molecular weight is 838 g/mol. The lowest BCUT2D eigenvalue weighted by Gasteiger charge is -2.43. The number of imide groups is 2. The van der Waals surface area contributed by atoms with Crippen molar-refractivity contribution in [2.75, 3.05) is 19.7 Å². The minimum absolute atomic E-state index is 0.00182. The number of nitrogens with zero attached hydrogens (tertiary/aromatic N) is 4. The Bertz CT molecular complexity index is 1700. The van der Waals surface area contributed by atoms with Crippen molar-refractivity contribution in [1.29, 1.82) is 0 Å². The molecule has 7 N–H and O–H groups in total. The van der Waals surface area contributed by atoms with Gasteiger partial charge in [0.15, 0.2) is 18.7 Å². The molecule has 7 amide bonds. The zero-order valence-electron chi connectivity index (χ0n) is 30.6. The third-order valence-electron chi connectivity index (χ3n) is 8.34. The van der Waals surface area contributed by atoms with Crippen LogP contribution in [-0.2, 0) is 71.9 Å². The van der Waals surface area contributed by atoms with Crippen molar-refractivity contribution in [1.82, 2.24) is 26.0 Å². The van der Waals surface area contributed by atoms with E-state index in [1.54, 1.807) is 13.8 Å². The molecule has 0 aromatic heterocycles. The Hall–Kier alpha value is -4.87. The molecule has 10 atom stereocenters. The lowest BCUT2D eigenvalue weighted by molar-refractivity contribution is -0.295. The molecule has 0 spiro atoms. The van der Waals surface area contributed by atoms with Crippen LogP contribution in [0.25, 0.3) is 0 Å². The van der Waals surface area contributed by atoms with E-state index < -0.39 is 126 Å². The average Bonchev–Trinajstić information content (AvgIpc) is 3.52. The molecule has 26 nitrogen and oxygen atoms in total. The minimum Gasteiger partial charge on any atom is -0.435 e. The molecule has 0 saturated carbocycles. The number of hydrogen-bond acceptors (Lipinski definition) is 20. The van der Waals surface area contributed by atoms with Crippen LogP contribution in [-0.4, -0.2) is 167 Å². The van der Waals surface area contributed by atoms with Crippen LogP contribution in [0.5, 0.6) is 0 Å². The maximum absolute atomic E-state index is 12.5. The first-order valence-corrected chi connectivity index (χ1v) is 18.4. The maximum atomic E-state index is 12.5. The fourth-order valence-electron chi connectivity index (χ4n) is 5.54. The zero-order valence-corrected chi connectivity index (χ0v) is 31.4. The Morgan fingerprint density at radius 2 is 1.47 bits per heavy atom. The number of amides is 7. The van der Waals surface area contributed by atoms with Gasteiger partial charge in [-0.2, -0.15) is 18.6 Å². The summed E-state index contributed by atoms with van der Waals surface area (Å²) in [6.07, 6.45) is -13.5. The molecular formula is C30H43N7O19S. The molecule has 0 aliphatic carbocycles. The second-order valence-corrected chi connectivity index (χ2v) is 13.9. The van der Waals surface area contributed by atoms with Gasteiger partial charge in [-0.15, -0.1) is 0 Å². The second-order valence-electron chi connectivity index (χ2n) is 12.8. The van der Waals surface area contributed by atoms with E-state index in [0.29, 0.717) is 12.4 Å². The second kappa shape index (κ2) is 21.0. The quantitative estimate of drug-likeness (QED) is 0.0142. The van der Waals surface area contributed by atoms with E-state index in [2.05, 4.69) is 25.1 Å². The Labute approximate surface area is 323 Å². The van der Waals surface area contributed by atoms with Crippen molar-refractivity contribution in [3.05, 3.63) is 0 Å². The van der Waals surface area contributed by atoms with Crippen molar-refractivity contribution < 1.29 is 89.8 Å². The summed E-state index contributed by atoms with van der Waals surface area (Å²) >= 11 is 0. The minimum atomic E-state index is -5.09. The van der Waals surface area contributed by atoms with Crippen LogP contribution in [0.4, 0.5) is 0 Å². The molecule has 318 valence electrons. The highest BCUT2D eigenvalue weighted by Crippen LogP contribution is 2.25. The highest BCUT2D eigenvalue weighted by atomic mass is 32.3. The first kappa shape index (κ1) is 46.5. The first-order valence-electron chi connectivity index (χ1n) is 17.0. The number of aliphatic hydroxyl groups excluding tert-OH is 3. The normalized spacial score (nSPS) is 27.2. The Kier molecular flexibility index (Phi) is 17.2. The summed E-state index contributed by atoms with van der Waals surface area (Å²) in [4.78, 5) is 98.2. The zero-order chi connectivity index (χ0) is 42.6. The number of carbonyl (C=O) groups is 8. The summed E-state index contributed by atoms with van der Waals surface area (Å²) in [6.45, 7) is 2.29. The standard InChI is InChI=1S/C30H43N7O19S/c1-14-8-21(43)36(27(14)46)6-4-19(41)34-31-10-17(40)30(52-13-38)56-23(11-32-35-20(42)5-7-37-22(44)9-15(2)28(37)47)55-26-24(33-16(3)39)29(48)54-18(25(26)45)12-53-57(49,50)51/h10-11,13-15,17-18,23-26,29-30,40,45,48H,4-9,12H2,1-3H3,(H,33,39)(H,34,41)(H,35,42)(H,49,50,51)/b31-10+,32-11-. The molecule has 27 heteroatoms. The lowest BCUT2D eigenvalue weighted by Crippen LogP contribution is -2.65. The molecule has 3 aliphatic rings. The van der Waals surface area contributed by atoms with Crippen LogP contribution in [0.3, 0.4) is 0 Å². The summed E-state index contributed by atoms with van der Waals surface area (Å²) in [5.74, 6) is -5.40. The van der Waals surface area contributed by atoms with Gasteiger partial charge in [-0.05, 0) is 0 Å². The van der Waals surface area contributed by atoms with Gasteiger partial charge in [-0.3, -0.25) is 52.7 Å². The summed E-state index contributed by atoms with van der Waals surface area (Å²) < 4.78 is 56.6. The number of likely N-dealkylation sites (tertiary alicyclic amines) is 2. The highest BCUT2D eigenvalue weighted by Gasteiger charge is 2.48. The fourth-order valence-corrected chi connectivity index (χ4v) is 5.85. The van der Waals surface area contributed by atoms with Gasteiger partial charge in [-0.1, -0.05) is 13.8 Å². The topological polar surface area (TPSA) is 365 Å². The number of carbonyl (C=O) groups excluding carboxylic acids is 8. The van der Waals surface area contributed by atoms with Crippen LogP contribution in [0.1, 0.15) is 46.5 Å². The predicted molar refractivity (Wildman–Crippen MR) is 182 cm³/mol. The molecule has 10 unspecified atom stereocenters. The van der Waals surface area contributed by atoms with Crippen molar-refractivity contribution in [3.8, 4) is 0 Å². The van der Waals surface area contributed by atoms with Gasteiger partial charge in [0.05, 0.1) is 19.0 Å². The van der Waals surface area contributed by atoms with E-state index in [1.165, 1.54) is 0 Å². The Morgan fingerprint density at radius 3 is 1.93 bits per heavy atom. The predicted octanol–water partition coefficient (Wildman–Crippen LogP) is -5.25. The summed E-state index contributed by atoms with van der Waals surface area (Å²) in [5.41, 5.74) is 4.08. The van der Waals surface area contributed by atoms with Gasteiger partial charge in [0.2, 0.25) is 47.6 Å². The van der Waals surface area contributed by atoms with E-state index in [9.17, 15) is 62.1 Å². The molecule has 3 heterocycles. The number of ether oxygens (including phenoxy) is 4.